The van der Waals surface area contributed by atoms with Gasteiger partial charge in [-0.25, -0.2) is 9.36 Å². The third-order valence-corrected chi connectivity index (χ3v) is 4.10. The topological polar surface area (TPSA) is 99.5 Å². The van der Waals surface area contributed by atoms with Crippen LogP contribution in [0.15, 0.2) is 69.3 Å². The summed E-state index contributed by atoms with van der Waals surface area (Å²) in [5.74, 6) is -0.442. The van der Waals surface area contributed by atoms with Crippen molar-refractivity contribution in [3.8, 4) is 11.6 Å². The van der Waals surface area contributed by atoms with Crippen molar-refractivity contribution >= 4 is 11.4 Å². The van der Waals surface area contributed by atoms with Gasteiger partial charge in [-0.15, -0.1) is 0 Å². The summed E-state index contributed by atoms with van der Waals surface area (Å²) in [6.45, 7) is 3.73. The smallest absolute Gasteiger partial charge is 0.335 e. The van der Waals surface area contributed by atoms with Gasteiger partial charge in [0.15, 0.2) is 0 Å². The van der Waals surface area contributed by atoms with Gasteiger partial charge in [0, 0.05) is 0 Å². The van der Waals surface area contributed by atoms with Crippen LogP contribution in [0.1, 0.15) is 24.5 Å². The van der Waals surface area contributed by atoms with Crippen LogP contribution in [-0.4, -0.2) is 20.4 Å². The predicted molar refractivity (Wildman–Crippen MR) is 106 cm³/mol. The van der Waals surface area contributed by atoms with Crippen LogP contribution in [0.5, 0.6) is 5.88 Å². The number of hydrazone groups is 1. The summed E-state index contributed by atoms with van der Waals surface area (Å²) < 4.78 is 1.06. The normalized spacial score (nSPS) is 11.4. The van der Waals surface area contributed by atoms with E-state index in [0.29, 0.717) is 17.8 Å². The van der Waals surface area contributed by atoms with Crippen LogP contribution in [0.25, 0.3) is 5.69 Å². The molecule has 2 aromatic carbocycles. The number of nitrogens with one attached hydrogen (secondary N) is 2. The highest BCUT2D eigenvalue weighted by Gasteiger charge is 2.19. The second kappa shape index (κ2) is 7.74. The maximum absolute atomic E-state index is 12.4. The van der Waals surface area contributed by atoms with Gasteiger partial charge in [0.2, 0.25) is 5.88 Å². The standard InChI is InChI=1S/C20H20N4O3/c1-3-16(23-22-14-7-5-4-6-8-14)17-18(25)21-20(27)24(19(17)26)15-11-9-13(2)10-12-15/h4-12,22,26H,3H2,1-2H3,(H,21,25,27). The van der Waals surface area contributed by atoms with Gasteiger partial charge in [0.25, 0.3) is 5.56 Å². The number of para-hydroxylation sites is 1. The molecule has 0 bridgehead atoms. The molecule has 0 aliphatic rings. The molecular formula is C20H20N4O3. The second-order valence-corrected chi connectivity index (χ2v) is 6.02. The number of nitrogens with zero attached hydrogens (tertiary/aromatic N) is 2. The van der Waals surface area contributed by atoms with Gasteiger partial charge in [0.1, 0.15) is 5.56 Å². The minimum atomic E-state index is -0.712. The average molecular weight is 364 g/mol. The third kappa shape index (κ3) is 3.82. The zero-order valence-electron chi connectivity index (χ0n) is 15.1. The molecule has 0 spiro atoms. The number of hydrogen-bond acceptors (Lipinski definition) is 5. The molecule has 7 nitrogen and oxygen atoms in total. The second-order valence-electron chi connectivity index (χ2n) is 6.02. The molecule has 0 saturated heterocycles. The lowest BCUT2D eigenvalue weighted by molar-refractivity contribution is 0.429. The van der Waals surface area contributed by atoms with Crippen LogP contribution in [-0.2, 0) is 0 Å². The Bertz CT molecular complexity index is 1080. The summed E-state index contributed by atoms with van der Waals surface area (Å²) in [7, 11) is 0. The number of aromatic hydroxyl groups is 1. The lowest BCUT2D eigenvalue weighted by Crippen LogP contribution is -2.33. The summed E-state index contributed by atoms with van der Waals surface area (Å²) in [4.78, 5) is 26.9. The SMILES string of the molecule is CCC(=NNc1ccccc1)c1c(O)n(-c2ccc(C)cc2)c(=O)[nH]c1=O. The molecule has 7 heteroatoms. The quantitative estimate of drug-likeness (QED) is 0.479. The minimum Gasteiger partial charge on any atom is -0.493 e. The Morgan fingerprint density at radius 1 is 1.11 bits per heavy atom. The van der Waals surface area contributed by atoms with Crippen molar-refractivity contribution in [3.63, 3.8) is 0 Å². The Morgan fingerprint density at radius 3 is 2.41 bits per heavy atom. The van der Waals surface area contributed by atoms with Crippen LogP contribution < -0.4 is 16.7 Å². The number of hydrogen-bond donors (Lipinski definition) is 3. The van der Waals surface area contributed by atoms with Crippen molar-refractivity contribution in [2.24, 2.45) is 5.10 Å². The van der Waals surface area contributed by atoms with Gasteiger partial charge in [-0.3, -0.25) is 15.2 Å². The fraction of sp³-hybridized carbons (Fsp3) is 0.150. The molecule has 0 atom stereocenters. The van der Waals surface area contributed by atoms with Crippen LogP contribution in [0.4, 0.5) is 5.69 Å². The fourth-order valence-corrected chi connectivity index (χ4v) is 2.67. The molecule has 138 valence electrons. The van der Waals surface area contributed by atoms with E-state index in [1.807, 2.05) is 56.3 Å². The van der Waals surface area contributed by atoms with Crippen LogP contribution in [0.2, 0.25) is 0 Å². The maximum atomic E-state index is 12.4. The first-order valence-corrected chi connectivity index (χ1v) is 8.54. The minimum absolute atomic E-state index is 0.0406. The molecule has 0 unspecified atom stereocenters. The molecule has 0 aliphatic carbocycles. The maximum Gasteiger partial charge on any atom is 0.335 e. The number of aromatic nitrogens is 2. The molecule has 3 rings (SSSR count). The van der Waals surface area contributed by atoms with E-state index in [-0.39, 0.29) is 5.56 Å². The van der Waals surface area contributed by atoms with E-state index in [4.69, 9.17) is 0 Å². The van der Waals surface area contributed by atoms with Gasteiger partial charge in [-0.1, -0.05) is 42.8 Å². The Hall–Kier alpha value is -3.61. The van der Waals surface area contributed by atoms with Gasteiger partial charge >= 0.3 is 5.69 Å². The van der Waals surface area contributed by atoms with Crippen molar-refractivity contribution in [1.82, 2.24) is 9.55 Å². The van der Waals surface area contributed by atoms with E-state index in [9.17, 15) is 14.7 Å². The average Bonchev–Trinajstić information content (AvgIpc) is 2.66. The Balaban J connectivity index is 2.11. The third-order valence-electron chi connectivity index (χ3n) is 4.10. The van der Waals surface area contributed by atoms with E-state index < -0.39 is 17.1 Å². The van der Waals surface area contributed by atoms with Crippen molar-refractivity contribution in [1.29, 1.82) is 0 Å². The molecule has 1 heterocycles. The highest BCUT2D eigenvalue weighted by Crippen LogP contribution is 2.19. The first-order chi connectivity index (χ1) is 13.0. The predicted octanol–water partition coefficient (Wildman–Crippen LogP) is 2.77. The molecule has 1 aromatic heterocycles. The molecule has 0 fully saturated rings. The van der Waals surface area contributed by atoms with E-state index in [1.165, 1.54) is 0 Å². The highest BCUT2D eigenvalue weighted by atomic mass is 16.3. The van der Waals surface area contributed by atoms with Crippen LogP contribution in [0.3, 0.4) is 0 Å². The van der Waals surface area contributed by atoms with Crippen molar-refractivity contribution in [2.75, 3.05) is 5.43 Å². The number of H-pyrrole nitrogens is 1. The molecule has 3 N–H and O–H groups in total. The first-order valence-electron chi connectivity index (χ1n) is 8.54. The molecule has 3 aromatic rings. The molecule has 0 saturated carbocycles. The van der Waals surface area contributed by atoms with Gasteiger partial charge in [-0.05, 0) is 37.6 Å². The zero-order chi connectivity index (χ0) is 19.4. The van der Waals surface area contributed by atoms with Gasteiger partial charge in [-0.2, -0.15) is 5.10 Å². The number of aromatic amines is 1. The largest absolute Gasteiger partial charge is 0.493 e. The van der Waals surface area contributed by atoms with Crippen molar-refractivity contribution in [3.05, 3.63) is 86.6 Å². The number of aryl methyl sites for hydroxylation is 1. The molecule has 0 radical (unpaired) electrons. The number of anilines is 1. The Labute approximate surface area is 155 Å². The zero-order valence-corrected chi connectivity index (χ0v) is 15.1. The summed E-state index contributed by atoms with van der Waals surface area (Å²) in [6.07, 6.45) is 0.378. The Kier molecular flexibility index (Phi) is 5.21. The van der Waals surface area contributed by atoms with Gasteiger partial charge in [0.05, 0.1) is 17.1 Å². The first kappa shape index (κ1) is 18.2. The number of rotatable bonds is 5. The summed E-state index contributed by atoms with van der Waals surface area (Å²) >= 11 is 0. The van der Waals surface area contributed by atoms with E-state index in [2.05, 4.69) is 15.5 Å². The molecule has 27 heavy (non-hydrogen) atoms. The fourth-order valence-electron chi connectivity index (χ4n) is 2.67. The van der Waals surface area contributed by atoms with Crippen molar-refractivity contribution in [2.45, 2.75) is 20.3 Å². The van der Waals surface area contributed by atoms with Crippen LogP contribution in [0, 0.1) is 6.92 Å². The van der Waals surface area contributed by atoms with Crippen LogP contribution >= 0.6 is 0 Å². The molecular weight excluding hydrogens is 344 g/mol. The van der Waals surface area contributed by atoms with E-state index >= 15 is 0 Å². The monoisotopic (exact) mass is 364 g/mol. The Morgan fingerprint density at radius 2 is 1.78 bits per heavy atom. The summed E-state index contributed by atoms with van der Waals surface area (Å²) in [5, 5.41) is 15.0. The highest BCUT2D eigenvalue weighted by molar-refractivity contribution is 6.02. The van der Waals surface area contributed by atoms with E-state index in [0.717, 1.165) is 15.8 Å². The lowest BCUT2D eigenvalue weighted by Gasteiger charge is -2.12. The number of benzene rings is 2. The van der Waals surface area contributed by atoms with E-state index in [1.54, 1.807) is 12.1 Å². The summed E-state index contributed by atoms with van der Waals surface area (Å²) in [6, 6.07) is 16.3. The van der Waals surface area contributed by atoms with Gasteiger partial charge < -0.3 is 5.11 Å². The molecule has 0 amide bonds. The lowest BCUT2D eigenvalue weighted by atomic mass is 10.1. The summed E-state index contributed by atoms with van der Waals surface area (Å²) in [5.41, 5.74) is 3.97. The molecule has 0 aliphatic heterocycles. The van der Waals surface area contributed by atoms with Crippen molar-refractivity contribution < 1.29 is 5.11 Å².